The van der Waals surface area contributed by atoms with Crippen molar-refractivity contribution in [3.63, 3.8) is 0 Å². The fourth-order valence-electron chi connectivity index (χ4n) is 1.80. The average Bonchev–Trinajstić information content (AvgIpc) is 2.87. The normalized spacial score (nSPS) is 10.0. The maximum Gasteiger partial charge on any atom is 2.00 e. The molecule has 3 rings (SSSR count). The number of nitrogens with zero attached hydrogens (tertiary/aromatic N) is 1. The van der Waals surface area contributed by atoms with Gasteiger partial charge in [-0.3, -0.25) is 10.1 Å². The van der Waals surface area contributed by atoms with Crippen LogP contribution in [0.5, 0.6) is 11.5 Å². The molecule has 1 aromatic heterocycles. The maximum atomic E-state index is 10.5. The van der Waals surface area contributed by atoms with Crippen molar-refractivity contribution in [2.45, 2.75) is 0 Å². The van der Waals surface area contributed by atoms with E-state index in [0.29, 0.717) is 11.5 Å². The van der Waals surface area contributed by atoms with Gasteiger partial charge in [0.15, 0.2) is 0 Å². The Hall–Kier alpha value is -2.20. The molecule has 2 aromatic carbocycles. The van der Waals surface area contributed by atoms with Gasteiger partial charge in [-0.1, -0.05) is 6.07 Å². The van der Waals surface area contributed by atoms with Crippen molar-refractivity contribution in [2.24, 2.45) is 0 Å². The number of H-pyrrole nitrogens is 1. The van der Waals surface area contributed by atoms with Crippen LogP contribution in [-0.4, -0.2) is 9.91 Å². The first-order valence-corrected chi connectivity index (χ1v) is 5.63. The number of ether oxygens (including phenoxy) is 1. The first-order valence-electron chi connectivity index (χ1n) is 5.63. The Kier molecular flexibility index (Phi) is 4.15. The van der Waals surface area contributed by atoms with Crippen molar-refractivity contribution in [3.05, 3.63) is 64.8 Å². The van der Waals surface area contributed by atoms with Crippen LogP contribution >= 0.6 is 0 Å². The summed E-state index contributed by atoms with van der Waals surface area (Å²) in [7, 11) is 0. The van der Waals surface area contributed by atoms with E-state index in [1.165, 1.54) is 12.1 Å². The molecular weight excluding hydrogens is 347 g/mol. The van der Waals surface area contributed by atoms with E-state index in [9.17, 15) is 10.1 Å². The number of nitro benzene ring substituents is 1. The molecule has 1 N–H and O–H groups in total. The number of aromatic nitrogens is 1. The Balaban J connectivity index is 0.00000147. The van der Waals surface area contributed by atoms with E-state index in [0.717, 1.165) is 10.9 Å². The number of benzene rings is 2. The third-order valence-electron chi connectivity index (χ3n) is 2.74. The van der Waals surface area contributed by atoms with E-state index < -0.39 is 4.92 Å². The predicted octanol–water partition coefficient (Wildman–Crippen LogP) is 3.67. The molecule has 0 atom stereocenters. The molecule has 0 fully saturated rings. The van der Waals surface area contributed by atoms with Crippen molar-refractivity contribution < 1.29 is 29.1 Å². The Labute approximate surface area is 127 Å². The summed E-state index contributed by atoms with van der Waals surface area (Å²) in [4.78, 5) is 13.1. The maximum absolute atomic E-state index is 10.5. The zero-order chi connectivity index (χ0) is 13.2. The molecule has 0 aliphatic rings. The van der Waals surface area contributed by atoms with Crippen LogP contribution in [0, 0.1) is 16.3 Å². The molecule has 0 bridgehead atoms. The van der Waals surface area contributed by atoms with Crippen LogP contribution < -0.4 is 4.74 Å². The first-order chi connectivity index (χ1) is 9.22. The minimum absolute atomic E-state index is 0. The van der Waals surface area contributed by atoms with E-state index in [-0.39, 0.29) is 25.2 Å². The van der Waals surface area contributed by atoms with Crippen molar-refractivity contribution in [1.82, 2.24) is 4.98 Å². The quantitative estimate of drug-likeness (QED) is 0.337. The number of fused-ring (bicyclic) bond motifs is 1. The minimum atomic E-state index is -0.439. The molecule has 20 heavy (non-hydrogen) atoms. The van der Waals surface area contributed by atoms with Gasteiger partial charge in [0.25, 0.3) is 5.69 Å². The molecule has 101 valence electrons. The summed E-state index contributed by atoms with van der Waals surface area (Å²) in [6.07, 6.45) is 2.89. The fraction of sp³-hybridized carbons (Fsp3) is 0. The van der Waals surface area contributed by atoms with Crippen molar-refractivity contribution in [1.29, 1.82) is 0 Å². The zero-order valence-corrected chi connectivity index (χ0v) is 11.8. The molecule has 0 aliphatic carbocycles. The summed E-state index contributed by atoms with van der Waals surface area (Å²) in [6, 6.07) is 13.4. The molecule has 6 heteroatoms. The Morgan fingerprint density at radius 2 is 1.80 bits per heavy atom. The summed E-state index contributed by atoms with van der Waals surface area (Å²) in [5.74, 6) is 1.24. The SMILES string of the molecule is O=[N+]([O-])c1ccc(Oc2ccc3[nH][c-]cc3c2)cc1.[Rh+2]. The average molecular weight is 356 g/mol. The summed E-state index contributed by atoms with van der Waals surface area (Å²) in [5, 5.41) is 11.5. The molecule has 1 heterocycles. The third kappa shape index (κ3) is 2.86. The molecule has 0 saturated heterocycles. The first kappa shape index (κ1) is 14.2. The van der Waals surface area contributed by atoms with Gasteiger partial charge in [-0.15, -0.1) is 17.8 Å². The van der Waals surface area contributed by atoms with E-state index in [1.807, 2.05) is 24.3 Å². The number of aromatic amines is 1. The molecule has 0 saturated carbocycles. The monoisotopic (exact) mass is 356 g/mol. The smallest absolute Gasteiger partial charge is 0.477 e. The van der Waals surface area contributed by atoms with Crippen LogP contribution in [-0.2, 0) is 19.5 Å². The molecule has 0 unspecified atom stereocenters. The number of rotatable bonds is 3. The van der Waals surface area contributed by atoms with E-state index in [1.54, 1.807) is 12.1 Å². The third-order valence-corrected chi connectivity index (χ3v) is 2.74. The molecule has 3 aromatic rings. The van der Waals surface area contributed by atoms with Gasteiger partial charge in [0.1, 0.15) is 11.5 Å². The molecule has 0 amide bonds. The molecule has 1 radical (unpaired) electrons. The van der Waals surface area contributed by atoms with Crippen LogP contribution in [0.15, 0.2) is 48.5 Å². The van der Waals surface area contributed by atoms with Crippen molar-refractivity contribution in [3.8, 4) is 11.5 Å². The second-order valence-electron chi connectivity index (χ2n) is 4.02. The fourth-order valence-corrected chi connectivity index (χ4v) is 1.80. The second kappa shape index (κ2) is 5.84. The number of nitrogens with one attached hydrogen (secondary N) is 1. The number of non-ortho nitro benzene ring substituents is 1. The summed E-state index contributed by atoms with van der Waals surface area (Å²) >= 11 is 0. The Bertz CT molecular complexity index is 738. The van der Waals surface area contributed by atoms with E-state index in [2.05, 4.69) is 11.2 Å². The van der Waals surface area contributed by atoms with Gasteiger partial charge in [0.05, 0.1) is 4.92 Å². The molecule has 5 nitrogen and oxygen atoms in total. The topological polar surface area (TPSA) is 68.2 Å². The summed E-state index contributed by atoms with van der Waals surface area (Å²) in [5.41, 5.74) is 1.03. The number of nitro groups is 1. The van der Waals surface area contributed by atoms with Crippen LogP contribution in [0.25, 0.3) is 10.9 Å². The van der Waals surface area contributed by atoms with E-state index >= 15 is 0 Å². The van der Waals surface area contributed by atoms with Gasteiger partial charge in [-0.2, -0.15) is 11.5 Å². The number of hydrogen-bond donors (Lipinski definition) is 1. The van der Waals surface area contributed by atoms with E-state index in [4.69, 9.17) is 4.74 Å². The van der Waals surface area contributed by atoms with Gasteiger partial charge in [-0.05, 0) is 18.2 Å². The molecule has 0 aliphatic heterocycles. The minimum Gasteiger partial charge on any atom is -0.477 e. The standard InChI is InChI=1S/C14H9N2O3.Rh/c17-16(18)11-1-3-12(4-2-11)19-13-5-6-14-10(9-13)7-8-15-14;/h1-7,9,15H;/q-1;+2. The number of hydrogen-bond acceptors (Lipinski definition) is 3. The van der Waals surface area contributed by atoms with Crippen molar-refractivity contribution >= 4 is 16.6 Å². The van der Waals surface area contributed by atoms with Crippen LogP contribution in [0.1, 0.15) is 0 Å². The van der Waals surface area contributed by atoms with Gasteiger partial charge in [0.2, 0.25) is 0 Å². The summed E-state index contributed by atoms with van der Waals surface area (Å²) in [6.45, 7) is 0. The Morgan fingerprint density at radius 3 is 2.50 bits per heavy atom. The van der Waals surface area contributed by atoms with Gasteiger partial charge in [0, 0.05) is 12.1 Å². The van der Waals surface area contributed by atoms with Gasteiger partial charge in [-0.25, -0.2) is 0 Å². The molecular formula is C14H9N2O3Rh+. The molecule has 0 spiro atoms. The second-order valence-corrected chi connectivity index (χ2v) is 4.02. The largest absolute Gasteiger partial charge is 2.00 e. The summed E-state index contributed by atoms with van der Waals surface area (Å²) < 4.78 is 5.64. The van der Waals surface area contributed by atoms with Crippen LogP contribution in [0.3, 0.4) is 0 Å². The van der Waals surface area contributed by atoms with Gasteiger partial charge < -0.3 is 9.72 Å². The van der Waals surface area contributed by atoms with Crippen LogP contribution in [0.4, 0.5) is 5.69 Å². The van der Waals surface area contributed by atoms with Crippen LogP contribution in [0.2, 0.25) is 0 Å². The van der Waals surface area contributed by atoms with Gasteiger partial charge >= 0.3 is 19.5 Å². The zero-order valence-electron chi connectivity index (χ0n) is 10.1. The van der Waals surface area contributed by atoms with Crippen molar-refractivity contribution in [2.75, 3.05) is 0 Å². The predicted molar refractivity (Wildman–Crippen MR) is 70.3 cm³/mol. The Morgan fingerprint density at radius 1 is 1.10 bits per heavy atom.